The molecule has 24 heavy (non-hydrogen) atoms. The molecule has 0 aliphatic heterocycles. The van der Waals surface area contributed by atoms with Gasteiger partial charge in [0, 0.05) is 5.56 Å². The largest absolute Gasteiger partial charge is 0.507 e. The minimum Gasteiger partial charge on any atom is -0.507 e. The molecule has 3 N–H and O–H groups in total. The lowest BCUT2D eigenvalue weighted by Crippen LogP contribution is -2.23. The molecule has 7 heteroatoms. The number of Topliss-reactive ketones (excluding diaryl/α,β-unsaturated/α-hetero) is 2. The van der Waals surface area contributed by atoms with Gasteiger partial charge in [-0.05, 0) is 25.1 Å². The summed E-state index contributed by atoms with van der Waals surface area (Å²) in [4.78, 5) is 35.2. The number of hydrogen-bond donors (Lipinski definition) is 3. The van der Waals surface area contributed by atoms with Gasteiger partial charge in [-0.25, -0.2) is 0 Å². The average molecular weight is 330 g/mol. The van der Waals surface area contributed by atoms with Gasteiger partial charge in [-0.2, -0.15) is 0 Å². The second kappa shape index (κ2) is 6.41. The van der Waals surface area contributed by atoms with Gasteiger partial charge in [-0.1, -0.05) is 12.2 Å². The van der Waals surface area contributed by atoms with E-state index in [1.165, 1.54) is 32.3 Å². The van der Waals surface area contributed by atoms with Crippen LogP contribution in [0, 0.1) is 0 Å². The Morgan fingerprint density at radius 1 is 1.12 bits per heavy atom. The van der Waals surface area contributed by atoms with Gasteiger partial charge in [0.2, 0.25) is 17.3 Å². The monoisotopic (exact) mass is 330 g/mol. The molecule has 1 aliphatic rings. The normalized spacial score (nSPS) is 14.6. The Bertz CT molecular complexity index is 841. The number of methoxy groups -OCH3 is 1. The van der Waals surface area contributed by atoms with Crippen molar-refractivity contribution in [1.82, 2.24) is 0 Å². The number of fused-ring (bicyclic) bond motifs is 1. The minimum atomic E-state index is -1.05. The molecule has 0 fully saturated rings. The van der Waals surface area contributed by atoms with Gasteiger partial charge >= 0.3 is 0 Å². The number of ether oxygens (including phenoxy) is 1. The third-order valence-electron chi connectivity index (χ3n) is 3.33. The van der Waals surface area contributed by atoms with Crippen LogP contribution < -0.4 is 4.74 Å². The molecule has 1 aromatic rings. The number of aliphatic hydroxyl groups is 1. The summed E-state index contributed by atoms with van der Waals surface area (Å²) in [5.74, 6) is -4.46. The van der Waals surface area contributed by atoms with Crippen molar-refractivity contribution in [3.05, 3.63) is 47.1 Å². The van der Waals surface area contributed by atoms with Crippen molar-refractivity contribution in [3.63, 3.8) is 0 Å². The van der Waals surface area contributed by atoms with Crippen LogP contribution in [0.4, 0.5) is 0 Å². The molecule has 0 heterocycles. The third-order valence-corrected chi connectivity index (χ3v) is 3.33. The molecule has 0 spiro atoms. The number of allylic oxidation sites excluding steroid dienone is 5. The van der Waals surface area contributed by atoms with Crippen LogP contribution in [0.3, 0.4) is 0 Å². The molecule has 1 aromatic carbocycles. The van der Waals surface area contributed by atoms with E-state index in [4.69, 9.17) is 4.74 Å². The van der Waals surface area contributed by atoms with Crippen LogP contribution in [0.25, 0.3) is 5.76 Å². The van der Waals surface area contributed by atoms with Crippen LogP contribution in [0.15, 0.2) is 35.9 Å². The predicted molar refractivity (Wildman–Crippen MR) is 84.2 cm³/mol. The van der Waals surface area contributed by atoms with Crippen LogP contribution in [0.1, 0.15) is 22.8 Å². The van der Waals surface area contributed by atoms with E-state index in [2.05, 4.69) is 0 Å². The Balaban J connectivity index is 2.63. The van der Waals surface area contributed by atoms with Crippen molar-refractivity contribution >= 4 is 23.1 Å². The number of aromatic hydroxyl groups is 2. The van der Waals surface area contributed by atoms with Crippen molar-refractivity contribution in [2.75, 3.05) is 7.11 Å². The highest BCUT2D eigenvalue weighted by Crippen LogP contribution is 2.44. The highest BCUT2D eigenvalue weighted by atomic mass is 16.5. The van der Waals surface area contributed by atoms with E-state index in [0.29, 0.717) is 0 Å². The fraction of sp³-hybridized carbons (Fsp3) is 0.118. The van der Waals surface area contributed by atoms with Crippen molar-refractivity contribution in [2.24, 2.45) is 0 Å². The first-order chi connectivity index (χ1) is 11.3. The Morgan fingerprint density at radius 3 is 2.38 bits per heavy atom. The van der Waals surface area contributed by atoms with Crippen LogP contribution in [0.2, 0.25) is 0 Å². The first-order valence-electron chi connectivity index (χ1n) is 6.80. The summed E-state index contributed by atoms with van der Waals surface area (Å²) in [6, 6.07) is 1.02. The van der Waals surface area contributed by atoms with Gasteiger partial charge in [0.1, 0.15) is 5.76 Å². The summed E-state index contributed by atoms with van der Waals surface area (Å²) in [5, 5.41) is 30.1. The Labute approximate surface area is 136 Å². The number of aliphatic hydroxyl groups excluding tert-OH is 1. The number of ketones is 3. The van der Waals surface area contributed by atoms with Crippen LogP contribution in [-0.4, -0.2) is 39.8 Å². The summed E-state index contributed by atoms with van der Waals surface area (Å²) in [5.41, 5.74) is -0.946. The SMILES string of the molecule is COc1c(O)cc2c(c1O)C(=O)C(=O)C(C=CC=CC(C)=O)=C2O. The lowest BCUT2D eigenvalue weighted by molar-refractivity contribution is -0.113. The number of benzene rings is 1. The van der Waals surface area contributed by atoms with Crippen LogP contribution in [-0.2, 0) is 9.59 Å². The molecule has 2 rings (SSSR count). The lowest BCUT2D eigenvalue weighted by Gasteiger charge is -2.19. The maximum absolute atomic E-state index is 12.2. The van der Waals surface area contributed by atoms with E-state index in [1.54, 1.807) is 0 Å². The molecule has 1 aliphatic carbocycles. The van der Waals surface area contributed by atoms with Crippen molar-refractivity contribution in [3.8, 4) is 17.2 Å². The van der Waals surface area contributed by atoms with Gasteiger partial charge in [0.25, 0.3) is 0 Å². The number of rotatable bonds is 4. The van der Waals surface area contributed by atoms with Gasteiger partial charge in [0.15, 0.2) is 17.3 Å². The third kappa shape index (κ3) is 2.79. The average Bonchev–Trinajstić information content (AvgIpc) is 2.51. The molecule has 7 nitrogen and oxygen atoms in total. The fourth-order valence-corrected chi connectivity index (χ4v) is 2.24. The van der Waals surface area contributed by atoms with E-state index >= 15 is 0 Å². The van der Waals surface area contributed by atoms with E-state index < -0.39 is 34.4 Å². The maximum Gasteiger partial charge on any atom is 0.238 e. The van der Waals surface area contributed by atoms with Crippen molar-refractivity contribution < 1.29 is 34.4 Å². The molecule has 0 unspecified atom stereocenters. The van der Waals surface area contributed by atoms with Crippen LogP contribution in [0.5, 0.6) is 17.2 Å². The summed E-state index contributed by atoms with van der Waals surface area (Å²) >= 11 is 0. The van der Waals surface area contributed by atoms with E-state index in [0.717, 1.165) is 12.1 Å². The van der Waals surface area contributed by atoms with Gasteiger partial charge in [-0.15, -0.1) is 0 Å². The zero-order valence-electron chi connectivity index (χ0n) is 12.9. The molecule has 0 amide bonds. The standard InChI is InChI=1S/C17H14O7/c1-8(18)5-3-4-6-9-13(20)10-7-11(19)17(24-2)16(23)12(10)15(22)14(9)21/h3-7,19-20,23H,1-2H3. The molecule has 0 saturated carbocycles. The highest BCUT2D eigenvalue weighted by molar-refractivity contribution is 6.53. The van der Waals surface area contributed by atoms with E-state index in [-0.39, 0.29) is 22.7 Å². The summed E-state index contributed by atoms with van der Waals surface area (Å²) in [6.45, 7) is 1.34. The molecular formula is C17H14O7. The smallest absolute Gasteiger partial charge is 0.238 e. The molecule has 0 bridgehead atoms. The Kier molecular flexibility index (Phi) is 4.54. The highest BCUT2D eigenvalue weighted by Gasteiger charge is 2.36. The summed E-state index contributed by atoms with van der Waals surface area (Å²) in [7, 11) is 1.17. The predicted octanol–water partition coefficient (Wildman–Crippen LogP) is 1.84. The molecule has 124 valence electrons. The molecule has 0 atom stereocenters. The van der Waals surface area contributed by atoms with Crippen molar-refractivity contribution in [2.45, 2.75) is 6.92 Å². The van der Waals surface area contributed by atoms with Crippen molar-refractivity contribution in [1.29, 1.82) is 0 Å². The van der Waals surface area contributed by atoms with E-state index in [1.807, 2.05) is 0 Å². The second-order valence-electron chi connectivity index (χ2n) is 4.95. The van der Waals surface area contributed by atoms with Gasteiger partial charge in [-0.3, -0.25) is 14.4 Å². The van der Waals surface area contributed by atoms with Gasteiger partial charge < -0.3 is 20.1 Å². The first kappa shape index (κ1) is 17.0. The topological polar surface area (TPSA) is 121 Å². The molecule has 0 saturated heterocycles. The Morgan fingerprint density at radius 2 is 1.79 bits per heavy atom. The summed E-state index contributed by atoms with van der Waals surface area (Å²) < 4.78 is 4.77. The summed E-state index contributed by atoms with van der Waals surface area (Å²) in [6.07, 6.45) is 5.06. The molecule has 0 radical (unpaired) electrons. The number of hydrogen-bond acceptors (Lipinski definition) is 7. The molecule has 0 aromatic heterocycles. The number of phenols is 2. The first-order valence-corrected chi connectivity index (χ1v) is 6.80. The second-order valence-corrected chi connectivity index (χ2v) is 4.95. The minimum absolute atomic E-state index is 0.189. The number of phenolic OH excluding ortho intramolecular Hbond substituents is 2. The quantitative estimate of drug-likeness (QED) is 0.437. The van der Waals surface area contributed by atoms with E-state index in [9.17, 15) is 29.7 Å². The zero-order valence-corrected chi connectivity index (χ0v) is 12.9. The Hall–Kier alpha value is -3.35. The number of carbonyl (C=O) groups excluding carboxylic acids is 3. The fourth-order valence-electron chi connectivity index (χ4n) is 2.24. The molecular weight excluding hydrogens is 316 g/mol. The zero-order chi connectivity index (χ0) is 18.0. The lowest BCUT2D eigenvalue weighted by atomic mass is 9.87. The number of carbonyl (C=O) groups is 3. The van der Waals surface area contributed by atoms with Crippen LogP contribution >= 0.6 is 0 Å². The van der Waals surface area contributed by atoms with Gasteiger partial charge in [0.05, 0.1) is 18.2 Å². The maximum atomic E-state index is 12.2.